The van der Waals surface area contributed by atoms with E-state index in [4.69, 9.17) is 4.74 Å². The Labute approximate surface area is 223 Å². The van der Waals surface area contributed by atoms with Crippen molar-refractivity contribution >= 4 is 39.2 Å². The number of aromatic nitrogens is 1. The van der Waals surface area contributed by atoms with Crippen molar-refractivity contribution < 1.29 is 23.1 Å². The number of piperidine rings is 1. The van der Waals surface area contributed by atoms with Crippen LogP contribution in [0.2, 0.25) is 0 Å². The second-order valence-electron chi connectivity index (χ2n) is 10.3. The Morgan fingerprint density at radius 3 is 2.46 bits per heavy atom. The monoisotopic (exact) mass is 556 g/mol. The highest BCUT2D eigenvalue weighted by atomic mass is 35.5. The van der Waals surface area contributed by atoms with Crippen molar-refractivity contribution in [1.82, 2.24) is 20.1 Å². The summed E-state index contributed by atoms with van der Waals surface area (Å²) in [5.74, 6) is -0.158. The number of fused-ring (bicyclic) bond motifs is 3. The highest BCUT2D eigenvalue weighted by Crippen LogP contribution is 2.35. The van der Waals surface area contributed by atoms with Gasteiger partial charge in [-0.3, -0.25) is 9.69 Å². The zero-order valence-corrected chi connectivity index (χ0v) is 23.1. The first kappa shape index (κ1) is 29.4. The predicted molar refractivity (Wildman–Crippen MR) is 145 cm³/mol. The van der Waals surface area contributed by atoms with Crippen LogP contribution in [0.25, 0.3) is 10.9 Å². The molecule has 0 saturated carbocycles. The van der Waals surface area contributed by atoms with Gasteiger partial charge in [-0.15, -0.1) is 12.4 Å². The summed E-state index contributed by atoms with van der Waals surface area (Å²) in [4.78, 5) is 28.0. The second kappa shape index (κ2) is 12.1. The first-order valence-electron chi connectivity index (χ1n) is 12.5. The Bertz CT molecular complexity index is 1250. The van der Waals surface area contributed by atoms with E-state index in [9.17, 15) is 23.1 Å². The lowest BCUT2D eigenvalue weighted by molar-refractivity contribution is 0.0530. The SMILES string of the molecule is CC(C)n1c(=O)c(OC(=O)NC2C[C@H]3CC[C@@H](C2)N3C[C@H](O)CNCS(C)(=O)=O)cc2ccccc21.Cl. The van der Waals surface area contributed by atoms with Crippen LogP contribution in [0.1, 0.15) is 45.6 Å². The van der Waals surface area contributed by atoms with Gasteiger partial charge in [-0.1, -0.05) is 18.2 Å². The number of para-hydroxylation sites is 1. The van der Waals surface area contributed by atoms with Gasteiger partial charge in [0.05, 0.1) is 17.5 Å². The minimum Gasteiger partial charge on any atom is -0.404 e. The average molecular weight is 557 g/mol. The molecular formula is C25H37ClN4O6S. The van der Waals surface area contributed by atoms with Crippen molar-refractivity contribution in [2.24, 2.45) is 0 Å². The van der Waals surface area contributed by atoms with Crippen LogP contribution < -0.4 is 20.9 Å². The second-order valence-corrected chi connectivity index (χ2v) is 12.4. The average Bonchev–Trinajstić information content (AvgIpc) is 3.00. The third-order valence-corrected chi connectivity index (χ3v) is 7.73. The predicted octanol–water partition coefficient (Wildman–Crippen LogP) is 2.04. The Morgan fingerprint density at radius 2 is 1.84 bits per heavy atom. The van der Waals surface area contributed by atoms with E-state index in [2.05, 4.69) is 15.5 Å². The van der Waals surface area contributed by atoms with E-state index in [-0.39, 0.29) is 60.3 Å². The highest BCUT2D eigenvalue weighted by Gasteiger charge is 2.41. The Kier molecular flexibility index (Phi) is 9.62. The molecule has 37 heavy (non-hydrogen) atoms. The number of nitrogens with one attached hydrogen (secondary N) is 2. The molecule has 2 bridgehead atoms. The lowest BCUT2D eigenvalue weighted by Crippen LogP contribution is -2.53. The standard InChI is InChI=1S/C25H36N4O6S.ClH/c1-16(2)29-22-7-5-4-6-17(22)10-23(24(29)31)35-25(32)27-18-11-19-8-9-20(12-18)28(19)14-21(30)13-26-15-36(3,33)34;/h4-7,10,16,18-21,26,30H,8-9,11-15H2,1-3H3,(H,27,32);1H/t18?,19-,20+,21-;/m1./s1. The number of ether oxygens (including phenoxy) is 1. The molecule has 3 N–H and O–H groups in total. The van der Waals surface area contributed by atoms with E-state index in [1.807, 2.05) is 38.1 Å². The quantitative estimate of drug-likeness (QED) is 0.428. The number of hydrogen-bond acceptors (Lipinski definition) is 8. The fourth-order valence-electron chi connectivity index (χ4n) is 5.55. The van der Waals surface area contributed by atoms with Crippen LogP contribution in [0.5, 0.6) is 5.75 Å². The molecule has 4 atom stereocenters. The minimum atomic E-state index is -3.13. The topological polar surface area (TPSA) is 130 Å². The van der Waals surface area contributed by atoms with Crippen LogP contribution >= 0.6 is 12.4 Å². The molecule has 206 valence electrons. The Hall–Kier alpha value is -2.18. The third-order valence-electron chi connectivity index (χ3n) is 7.00. The number of hydrogen-bond donors (Lipinski definition) is 3. The summed E-state index contributed by atoms with van der Waals surface area (Å²) >= 11 is 0. The molecule has 1 amide bonds. The van der Waals surface area contributed by atoms with Crippen LogP contribution in [-0.2, 0) is 9.84 Å². The van der Waals surface area contributed by atoms with Gasteiger partial charge in [-0.2, -0.15) is 0 Å². The van der Waals surface area contributed by atoms with Gasteiger partial charge in [0.2, 0.25) is 0 Å². The van der Waals surface area contributed by atoms with Gasteiger partial charge >= 0.3 is 6.09 Å². The molecule has 0 spiro atoms. The molecule has 1 aromatic heterocycles. The highest BCUT2D eigenvalue weighted by molar-refractivity contribution is 7.90. The smallest absolute Gasteiger partial charge is 0.404 e. The molecule has 0 aliphatic carbocycles. The maximum atomic E-state index is 13.0. The molecule has 2 aliphatic heterocycles. The normalized spacial score (nSPS) is 22.6. The number of carbonyl (C=O) groups is 1. The van der Waals surface area contributed by atoms with E-state index in [1.54, 1.807) is 10.6 Å². The van der Waals surface area contributed by atoms with Crippen molar-refractivity contribution in [2.45, 2.75) is 69.8 Å². The fraction of sp³-hybridized carbons (Fsp3) is 0.600. The third kappa shape index (κ3) is 7.23. The van der Waals surface area contributed by atoms with Crippen molar-refractivity contribution in [3.05, 3.63) is 40.7 Å². The van der Waals surface area contributed by atoms with E-state index in [1.165, 1.54) is 0 Å². The number of rotatable bonds is 9. The number of carbonyl (C=O) groups excluding carboxylic acids is 1. The van der Waals surface area contributed by atoms with Crippen LogP contribution in [0.15, 0.2) is 35.1 Å². The van der Waals surface area contributed by atoms with Crippen LogP contribution in [0.3, 0.4) is 0 Å². The first-order valence-corrected chi connectivity index (χ1v) is 14.5. The summed E-state index contributed by atoms with van der Waals surface area (Å²) in [5.41, 5.74) is 0.454. The van der Waals surface area contributed by atoms with Gasteiger partial charge in [0.1, 0.15) is 0 Å². The summed E-state index contributed by atoms with van der Waals surface area (Å²) in [6.07, 6.45) is 3.23. The van der Waals surface area contributed by atoms with Crippen LogP contribution in [0, 0.1) is 0 Å². The minimum absolute atomic E-state index is 0. The lowest BCUT2D eigenvalue weighted by atomic mass is 9.97. The summed E-state index contributed by atoms with van der Waals surface area (Å²) in [6, 6.07) is 9.39. The molecule has 2 aromatic rings. The molecule has 4 rings (SSSR count). The van der Waals surface area contributed by atoms with E-state index in [0.717, 1.165) is 42.8 Å². The van der Waals surface area contributed by atoms with Crippen molar-refractivity contribution in [3.8, 4) is 5.75 Å². The fourth-order valence-corrected chi connectivity index (χ4v) is 6.04. The van der Waals surface area contributed by atoms with E-state index in [0.29, 0.717) is 6.54 Å². The molecule has 2 aliphatic rings. The maximum absolute atomic E-state index is 13.0. The number of benzene rings is 1. The van der Waals surface area contributed by atoms with Crippen LogP contribution in [0.4, 0.5) is 4.79 Å². The molecule has 2 saturated heterocycles. The summed E-state index contributed by atoms with van der Waals surface area (Å²) in [7, 11) is -3.13. The van der Waals surface area contributed by atoms with Gasteiger partial charge in [-0.05, 0) is 51.7 Å². The Balaban J connectivity index is 0.00000380. The first-order chi connectivity index (χ1) is 17.0. The van der Waals surface area contributed by atoms with Crippen LogP contribution in [-0.4, -0.2) is 78.5 Å². The number of amides is 1. The van der Waals surface area contributed by atoms with Gasteiger partial charge in [-0.25, -0.2) is 13.2 Å². The number of aliphatic hydroxyl groups is 1. The number of pyridine rings is 1. The van der Waals surface area contributed by atoms with Gasteiger partial charge < -0.3 is 25.0 Å². The zero-order chi connectivity index (χ0) is 26.0. The largest absolute Gasteiger partial charge is 0.413 e. The van der Waals surface area contributed by atoms with Crippen molar-refractivity contribution in [1.29, 1.82) is 0 Å². The van der Waals surface area contributed by atoms with Gasteiger partial charge in [0.15, 0.2) is 15.6 Å². The number of nitrogens with zero attached hydrogens (tertiary/aromatic N) is 2. The summed E-state index contributed by atoms with van der Waals surface area (Å²) in [6.45, 7) is 4.49. The summed E-state index contributed by atoms with van der Waals surface area (Å²) in [5, 5.41) is 16.9. The molecule has 12 heteroatoms. The number of halogens is 1. The molecule has 0 radical (unpaired) electrons. The zero-order valence-electron chi connectivity index (χ0n) is 21.4. The Morgan fingerprint density at radius 1 is 1.19 bits per heavy atom. The summed E-state index contributed by atoms with van der Waals surface area (Å²) < 4.78 is 29.7. The van der Waals surface area contributed by atoms with E-state index < -0.39 is 22.0 Å². The van der Waals surface area contributed by atoms with Gasteiger partial charge in [0.25, 0.3) is 5.56 Å². The molecule has 10 nitrogen and oxygen atoms in total. The lowest BCUT2D eigenvalue weighted by Gasteiger charge is -2.39. The van der Waals surface area contributed by atoms with Crippen molar-refractivity contribution in [3.63, 3.8) is 0 Å². The number of sulfone groups is 1. The molecule has 1 aromatic carbocycles. The molecule has 2 fully saturated rings. The molecule has 3 heterocycles. The molecular weight excluding hydrogens is 520 g/mol. The van der Waals surface area contributed by atoms with Gasteiger partial charge in [0, 0.05) is 48.9 Å². The van der Waals surface area contributed by atoms with E-state index >= 15 is 0 Å². The molecule has 1 unspecified atom stereocenters. The number of aliphatic hydroxyl groups excluding tert-OH is 1. The maximum Gasteiger partial charge on any atom is 0.413 e. The van der Waals surface area contributed by atoms with Crippen molar-refractivity contribution in [2.75, 3.05) is 25.2 Å².